The lowest BCUT2D eigenvalue weighted by Gasteiger charge is -2.14. The van der Waals surface area contributed by atoms with Crippen LogP contribution in [0.4, 0.5) is 27.4 Å². The highest BCUT2D eigenvalue weighted by Gasteiger charge is 2.26. The van der Waals surface area contributed by atoms with Gasteiger partial charge in [-0.25, -0.2) is 18.4 Å². The first kappa shape index (κ1) is 27.5. The molecule has 14 heteroatoms. The zero-order valence-corrected chi connectivity index (χ0v) is 20.3. The van der Waals surface area contributed by atoms with Gasteiger partial charge in [0.15, 0.2) is 17.1 Å². The number of urea groups is 1. The number of hydrogen-bond acceptors (Lipinski definition) is 8. The second-order valence-corrected chi connectivity index (χ2v) is 8.60. The number of anilines is 1. The third-order valence-electron chi connectivity index (χ3n) is 5.38. The van der Waals surface area contributed by atoms with Gasteiger partial charge in [0.05, 0.1) is 12.7 Å². The highest BCUT2D eigenvalue weighted by molar-refractivity contribution is 7.11. The van der Waals surface area contributed by atoms with Gasteiger partial charge < -0.3 is 24.4 Å². The Morgan fingerprint density at radius 1 is 1.19 bits per heavy atom. The summed E-state index contributed by atoms with van der Waals surface area (Å²) in [4.78, 5) is 26.9. The molecule has 0 spiro atoms. The van der Waals surface area contributed by atoms with Crippen molar-refractivity contribution in [1.82, 2.24) is 14.6 Å². The largest absolute Gasteiger partial charge is 0.471 e. The Bertz CT molecular complexity index is 1050. The summed E-state index contributed by atoms with van der Waals surface area (Å²) in [6, 6.07) is 0.880. The maximum absolute atomic E-state index is 14.4. The molecule has 0 aliphatic carbocycles. The van der Waals surface area contributed by atoms with E-state index in [1.54, 1.807) is 0 Å². The van der Waals surface area contributed by atoms with Crippen LogP contribution in [0.25, 0.3) is 0 Å². The fraction of sp³-hybridized carbons (Fsp3) is 0.500. The van der Waals surface area contributed by atoms with Gasteiger partial charge >= 0.3 is 18.6 Å². The molecule has 2 aromatic rings. The van der Waals surface area contributed by atoms with E-state index in [1.807, 2.05) is 0 Å². The first-order chi connectivity index (χ1) is 17.3. The van der Waals surface area contributed by atoms with Crippen molar-refractivity contribution in [3.63, 3.8) is 0 Å². The quantitative estimate of drug-likeness (QED) is 0.237. The monoisotopic (exact) mass is 534 g/mol. The Morgan fingerprint density at radius 2 is 1.94 bits per heavy atom. The number of methoxy groups -OCH3 is 1. The third-order valence-corrected chi connectivity index (χ3v) is 6.13. The molecule has 2 heterocycles. The van der Waals surface area contributed by atoms with Crippen LogP contribution in [0.2, 0.25) is 0 Å². The maximum Gasteiger partial charge on any atom is 0.387 e. The zero-order valence-electron chi connectivity index (χ0n) is 19.5. The van der Waals surface area contributed by atoms with Gasteiger partial charge in [0.1, 0.15) is 17.4 Å². The standard InChI is InChI=1S/C22H26F4N4O5S/c1-33-20(31)16-18(34-12-13-14(23)6-7-15(17(13)24)35-21(25)26)29-36-19(16)28-22(32)27-8-2-3-9-30-10-4-5-11-30/h6-7,21H,2-5,8-12H2,1H3,(H2,27,28,32). The van der Waals surface area contributed by atoms with Gasteiger partial charge in [-0.1, -0.05) is 0 Å². The van der Waals surface area contributed by atoms with Crippen LogP contribution in [0.5, 0.6) is 11.6 Å². The fourth-order valence-electron chi connectivity index (χ4n) is 3.59. The van der Waals surface area contributed by atoms with Crippen LogP contribution in [-0.4, -0.2) is 61.2 Å². The molecule has 1 aromatic carbocycles. The highest BCUT2D eigenvalue weighted by Crippen LogP contribution is 2.33. The van der Waals surface area contributed by atoms with Crippen molar-refractivity contribution in [1.29, 1.82) is 0 Å². The van der Waals surface area contributed by atoms with Crippen molar-refractivity contribution in [2.75, 3.05) is 38.6 Å². The predicted octanol–water partition coefficient (Wildman–Crippen LogP) is 4.39. The van der Waals surface area contributed by atoms with Crippen LogP contribution >= 0.6 is 11.5 Å². The Balaban J connectivity index is 1.60. The van der Waals surface area contributed by atoms with Gasteiger partial charge in [-0.15, -0.1) is 0 Å². The molecule has 36 heavy (non-hydrogen) atoms. The number of alkyl halides is 2. The summed E-state index contributed by atoms with van der Waals surface area (Å²) in [5, 5.41) is 5.18. The van der Waals surface area contributed by atoms with E-state index >= 15 is 0 Å². The number of carbonyl (C=O) groups excluding carboxylic acids is 2. The smallest absolute Gasteiger partial charge is 0.387 e. The van der Waals surface area contributed by atoms with Gasteiger partial charge in [-0.3, -0.25) is 5.32 Å². The fourth-order valence-corrected chi connectivity index (χ4v) is 4.31. The van der Waals surface area contributed by atoms with Gasteiger partial charge in [0.2, 0.25) is 5.88 Å². The summed E-state index contributed by atoms with van der Waals surface area (Å²) in [5.41, 5.74) is -0.967. The molecule has 0 atom stereocenters. The molecule has 0 bridgehead atoms. The minimum atomic E-state index is -3.31. The number of rotatable bonds is 12. The number of carbonyl (C=O) groups is 2. The number of unbranched alkanes of at least 4 members (excludes halogenated alkanes) is 1. The molecule has 0 radical (unpaired) electrons. The van der Waals surface area contributed by atoms with E-state index < -0.39 is 48.2 Å². The van der Waals surface area contributed by atoms with Crippen LogP contribution in [0.1, 0.15) is 41.6 Å². The number of hydrogen-bond donors (Lipinski definition) is 2. The molecular formula is C22H26F4N4O5S. The van der Waals surface area contributed by atoms with E-state index in [1.165, 1.54) is 12.8 Å². The lowest BCUT2D eigenvalue weighted by Crippen LogP contribution is -2.30. The molecule has 2 N–H and O–H groups in total. The number of benzene rings is 1. The number of halogens is 4. The molecular weight excluding hydrogens is 508 g/mol. The number of esters is 1. The maximum atomic E-state index is 14.4. The van der Waals surface area contributed by atoms with Gasteiger partial charge in [0, 0.05) is 6.54 Å². The Labute approximate surface area is 208 Å². The number of aromatic nitrogens is 1. The van der Waals surface area contributed by atoms with Crippen molar-refractivity contribution in [2.45, 2.75) is 38.9 Å². The van der Waals surface area contributed by atoms with Crippen molar-refractivity contribution in [2.24, 2.45) is 0 Å². The van der Waals surface area contributed by atoms with Crippen LogP contribution < -0.4 is 20.1 Å². The zero-order chi connectivity index (χ0) is 26.1. The van der Waals surface area contributed by atoms with E-state index in [0.717, 1.165) is 51.7 Å². The molecule has 198 valence electrons. The lowest BCUT2D eigenvalue weighted by molar-refractivity contribution is -0.0524. The number of amides is 2. The topological polar surface area (TPSA) is 102 Å². The van der Waals surface area contributed by atoms with Gasteiger partial charge in [-0.05, 0) is 69.0 Å². The minimum Gasteiger partial charge on any atom is -0.471 e. The summed E-state index contributed by atoms with van der Waals surface area (Å²) in [6.45, 7) is -0.501. The van der Waals surface area contributed by atoms with E-state index in [-0.39, 0.29) is 16.4 Å². The van der Waals surface area contributed by atoms with Crippen molar-refractivity contribution < 1.29 is 41.4 Å². The van der Waals surface area contributed by atoms with Crippen LogP contribution in [0.3, 0.4) is 0 Å². The second kappa shape index (κ2) is 13.3. The SMILES string of the molecule is COC(=O)c1c(OCc2c(F)ccc(OC(F)F)c2F)nsc1NC(=O)NCCCCN1CCCC1. The molecule has 9 nitrogen and oxygen atoms in total. The van der Waals surface area contributed by atoms with Crippen LogP contribution in [0, 0.1) is 11.6 Å². The summed E-state index contributed by atoms with van der Waals surface area (Å²) in [7, 11) is 1.10. The first-order valence-electron chi connectivity index (χ1n) is 11.2. The normalized spacial score (nSPS) is 13.6. The molecule has 1 aromatic heterocycles. The van der Waals surface area contributed by atoms with Crippen LogP contribution in [0.15, 0.2) is 12.1 Å². The summed E-state index contributed by atoms with van der Waals surface area (Å²) in [5.74, 6) is -4.59. The summed E-state index contributed by atoms with van der Waals surface area (Å²) < 4.78 is 71.3. The van der Waals surface area contributed by atoms with Crippen molar-refractivity contribution in [3.8, 4) is 11.6 Å². The number of nitrogens with one attached hydrogen (secondary N) is 2. The van der Waals surface area contributed by atoms with Gasteiger partial charge in [0.25, 0.3) is 0 Å². The molecule has 1 fully saturated rings. The average molecular weight is 535 g/mol. The van der Waals surface area contributed by atoms with Crippen molar-refractivity contribution in [3.05, 3.63) is 34.9 Å². The lowest BCUT2D eigenvalue weighted by atomic mass is 10.2. The number of nitrogens with zero attached hydrogens (tertiary/aromatic N) is 2. The first-order valence-corrected chi connectivity index (χ1v) is 12.0. The number of ether oxygens (including phenoxy) is 3. The average Bonchev–Trinajstić information content (AvgIpc) is 3.50. The third kappa shape index (κ3) is 7.43. The Kier molecular flexibility index (Phi) is 10.1. The second-order valence-electron chi connectivity index (χ2n) is 7.83. The van der Waals surface area contributed by atoms with E-state index in [2.05, 4.69) is 24.6 Å². The summed E-state index contributed by atoms with van der Waals surface area (Å²) in [6.07, 6.45) is 4.14. The van der Waals surface area contributed by atoms with E-state index in [4.69, 9.17) is 9.47 Å². The van der Waals surface area contributed by atoms with E-state index in [9.17, 15) is 27.2 Å². The minimum absolute atomic E-state index is 0.00199. The molecule has 0 unspecified atom stereocenters. The van der Waals surface area contributed by atoms with Crippen molar-refractivity contribution >= 4 is 28.5 Å². The molecule has 2 amide bonds. The van der Waals surface area contributed by atoms with Crippen LogP contribution in [-0.2, 0) is 11.3 Å². The molecule has 3 rings (SSSR count). The summed E-state index contributed by atoms with van der Waals surface area (Å²) >= 11 is 0.698. The Hall–Kier alpha value is -3.13. The van der Waals surface area contributed by atoms with Gasteiger partial charge in [-0.2, -0.15) is 13.2 Å². The molecule has 0 saturated carbocycles. The number of likely N-dealkylation sites (tertiary alicyclic amines) is 1. The predicted molar refractivity (Wildman–Crippen MR) is 123 cm³/mol. The Morgan fingerprint density at radius 3 is 2.64 bits per heavy atom. The molecule has 1 saturated heterocycles. The highest BCUT2D eigenvalue weighted by atomic mass is 32.1. The molecule has 1 aliphatic heterocycles. The molecule has 1 aliphatic rings. The van der Waals surface area contributed by atoms with E-state index in [0.29, 0.717) is 18.1 Å².